The number of amides is 1. The molecule has 3 unspecified atom stereocenters. The van der Waals surface area contributed by atoms with Gasteiger partial charge in [0.1, 0.15) is 0 Å². The van der Waals surface area contributed by atoms with Gasteiger partial charge in [-0.05, 0) is 35.8 Å². The minimum Gasteiger partial charge on any atom is -0.351 e. The predicted molar refractivity (Wildman–Crippen MR) is 99.4 cm³/mol. The molecule has 0 saturated carbocycles. The van der Waals surface area contributed by atoms with Crippen LogP contribution in [0.25, 0.3) is 0 Å². The third-order valence-electron chi connectivity index (χ3n) is 4.85. The summed E-state index contributed by atoms with van der Waals surface area (Å²) < 4.78 is 0. The molecule has 3 atom stereocenters. The van der Waals surface area contributed by atoms with Gasteiger partial charge in [-0.3, -0.25) is 9.69 Å². The van der Waals surface area contributed by atoms with E-state index < -0.39 is 6.04 Å². The number of likely N-dealkylation sites (tertiary alicyclic amines) is 1. The van der Waals surface area contributed by atoms with E-state index in [4.69, 9.17) is 5.73 Å². The van der Waals surface area contributed by atoms with Crippen molar-refractivity contribution < 1.29 is 4.79 Å². The van der Waals surface area contributed by atoms with Crippen LogP contribution in [0.15, 0.2) is 24.3 Å². The van der Waals surface area contributed by atoms with Crippen molar-refractivity contribution >= 4 is 5.91 Å². The molecule has 1 aliphatic heterocycles. The molecule has 2 rings (SSSR count). The highest BCUT2D eigenvalue weighted by atomic mass is 16.2. The average Bonchev–Trinajstić information content (AvgIpc) is 2.53. The zero-order valence-corrected chi connectivity index (χ0v) is 15.4. The molecule has 0 bridgehead atoms. The number of carbonyl (C=O) groups excluding carboxylic acids is 1. The monoisotopic (exact) mass is 331 g/mol. The Morgan fingerprint density at radius 2 is 1.88 bits per heavy atom. The minimum absolute atomic E-state index is 0.0492. The number of nitrogens with two attached hydrogens (primary N) is 1. The van der Waals surface area contributed by atoms with E-state index in [9.17, 15) is 4.79 Å². The fourth-order valence-corrected chi connectivity index (χ4v) is 3.80. The molecular weight excluding hydrogens is 298 g/mol. The highest BCUT2D eigenvalue weighted by Crippen LogP contribution is 2.23. The van der Waals surface area contributed by atoms with Crippen molar-refractivity contribution in [2.24, 2.45) is 17.6 Å². The summed E-state index contributed by atoms with van der Waals surface area (Å²) in [6.45, 7) is 10.6. The Balaban J connectivity index is 1.96. The van der Waals surface area contributed by atoms with Gasteiger partial charge in [0.05, 0.1) is 6.04 Å². The van der Waals surface area contributed by atoms with Crippen LogP contribution in [0.2, 0.25) is 0 Å². The van der Waals surface area contributed by atoms with Gasteiger partial charge in [-0.2, -0.15) is 0 Å². The van der Waals surface area contributed by atoms with Crippen molar-refractivity contribution in [1.29, 1.82) is 0 Å². The fraction of sp³-hybridized carbons (Fsp3) is 0.650. The number of hydrogen-bond donors (Lipinski definition) is 2. The van der Waals surface area contributed by atoms with E-state index in [1.807, 2.05) is 13.0 Å². The molecule has 24 heavy (non-hydrogen) atoms. The second-order valence-corrected chi connectivity index (χ2v) is 7.52. The summed E-state index contributed by atoms with van der Waals surface area (Å²) in [6, 6.07) is 8.01. The van der Waals surface area contributed by atoms with Gasteiger partial charge in [-0.1, -0.05) is 51.5 Å². The van der Waals surface area contributed by atoms with E-state index >= 15 is 0 Å². The molecule has 4 nitrogen and oxygen atoms in total. The molecule has 1 aliphatic rings. The maximum absolute atomic E-state index is 12.0. The first-order chi connectivity index (χ1) is 11.5. The van der Waals surface area contributed by atoms with Crippen LogP contribution in [0.5, 0.6) is 0 Å². The molecule has 1 fully saturated rings. The zero-order chi connectivity index (χ0) is 17.5. The second kappa shape index (κ2) is 9.19. The Labute approximate surface area is 146 Å². The molecule has 1 saturated heterocycles. The fourth-order valence-electron chi connectivity index (χ4n) is 3.80. The second-order valence-electron chi connectivity index (χ2n) is 7.52. The summed E-state index contributed by atoms with van der Waals surface area (Å²) in [7, 11) is 0. The van der Waals surface area contributed by atoms with Crippen LogP contribution >= 0.6 is 0 Å². The van der Waals surface area contributed by atoms with Crippen LogP contribution in [-0.2, 0) is 17.9 Å². The van der Waals surface area contributed by atoms with E-state index in [1.165, 1.54) is 17.5 Å². The topological polar surface area (TPSA) is 58.4 Å². The van der Waals surface area contributed by atoms with E-state index in [0.29, 0.717) is 6.54 Å². The quantitative estimate of drug-likeness (QED) is 0.808. The molecule has 1 aromatic rings. The van der Waals surface area contributed by atoms with Gasteiger partial charge in [0.25, 0.3) is 0 Å². The molecule has 4 heteroatoms. The highest BCUT2D eigenvalue weighted by molar-refractivity contribution is 5.81. The molecular formula is C20H33N3O. The van der Waals surface area contributed by atoms with E-state index in [0.717, 1.165) is 44.3 Å². The third kappa shape index (κ3) is 5.60. The summed E-state index contributed by atoms with van der Waals surface area (Å²) in [4.78, 5) is 14.6. The van der Waals surface area contributed by atoms with Gasteiger partial charge in [-0.15, -0.1) is 0 Å². The predicted octanol–water partition coefficient (Wildman–Crippen LogP) is 2.91. The van der Waals surface area contributed by atoms with Crippen LogP contribution in [-0.4, -0.2) is 29.9 Å². The molecule has 0 radical (unpaired) electrons. The Morgan fingerprint density at radius 1 is 1.25 bits per heavy atom. The molecule has 1 aromatic carbocycles. The lowest BCUT2D eigenvalue weighted by molar-refractivity contribution is -0.122. The molecule has 1 heterocycles. The van der Waals surface area contributed by atoms with Gasteiger partial charge in [0.15, 0.2) is 0 Å². The first kappa shape index (κ1) is 18.9. The molecule has 0 aromatic heterocycles. The maximum atomic E-state index is 12.0. The number of nitrogens with zero attached hydrogens (tertiary/aromatic N) is 1. The van der Waals surface area contributed by atoms with Crippen LogP contribution < -0.4 is 11.1 Å². The Hall–Kier alpha value is -1.39. The SMILES string of the molecule is CCCC(N)C(=O)NCc1ccccc1CN1CC(C)CC(C)C1. The van der Waals surface area contributed by atoms with Crippen LogP contribution in [0, 0.1) is 11.8 Å². The summed E-state index contributed by atoms with van der Waals surface area (Å²) >= 11 is 0. The standard InChI is InChI=1S/C20H33N3O/c1-4-7-19(21)20(24)22-11-17-8-5-6-9-18(17)14-23-12-15(2)10-16(3)13-23/h5-6,8-9,15-16,19H,4,7,10-14,21H2,1-3H3,(H,22,24). The van der Waals surface area contributed by atoms with E-state index in [1.54, 1.807) is 0 Å². The molecule has 0 spiro atoms. The van der Waals surface area contributed by atoms with Crippen molar-refractivity contribution in [2.75, 3.05) is 13.1 Å². The Kier molecular flexibility index (Phi) is 7.25. The lowest BCUT2D eigenvalue weighted by Crippen LogP contribution is -2.40. The summed E-state index contributed by atoms with van der Waals surface area (Å²) in [5.41, 5.74) is 8.39. The van der Waals surface area contributed by atoms with E-state index in [2.05, 4.69) is 42.3 Å². The number of rotatable bonds is 7. The lowest BCUT2D eigenvalue weighted by Gasteiger charge is -2.35. The minimum atomic E-state index is -0.397. The number of hydrogen-bond acceptors (Lipinski definition) is 3. The summed E-state index contributed by atoms with van der Waals surface area (Å²) in [5.74, 6) is 1.46. The van der Waals surface area contributed by atoms with Gasteiger partial charge in [0.2, 0.25) is 5.91 Å². The highest BCUT2D eigenvalue weighted by Gasteiger charge is 2.22. The molecule has 1 amide bonds. The zero-order valence-electron chi connectivity index (χ0n) is 15.4. The van der Waals surface area contributed by atoms with Crippen molar-refractivity contribution in [3.8, 4) is 0 Å². The lowest BCUT2D eigenvalue weighted by atomic mass is 9.91. The number of benzene rings is 1. The number of nitrogens with one attached hydrogen (secondary N) is 1. The van der Waals surface area contributed by atoms with Crippen molar-refractivity contribution in [3.05, 3.63) is 35.4 Å². The van der Waals surface area contributed by atoms with E-state index in [-0.39, 0.29) is 5.91 Å². The Morgan fingerprint density at radius 3 is 2.50 bits per heavy atom. The first-order valence-electron chi connectivity index (χ1n) is 9.32. The molecule has 134 valence electrons. The van der Waals surface area contributed by atoms with Gasteiger partial charge in [0, 0.05) is 26.2 Å². The number of piperidine rings is 1. The summed E-state index contributed by atoms with van der Waals surface area (Å²) in [5, 5.41) is 3.00. The Bertz CT molecular complexity index is 521. The summed E-state index contributed by atoms with van der Waals surface area (Å²) in [6.07, 6.45) is 2.98. The first-order valence-corrected chi connectivity index (χ1v) is 9.32. The van der Waals surface area contributed by atoms with Gasteiger partial charge < -0.3 is 11.1 Å². The average molecular weight is 332 g/mol. The molecule has 0 aliphatic carbocycles. The van der Waals surface area contributed by atoms with Crippen LogP contribution in [0.3, 0.4) is 0 Å². The smallest absolute Gasteiger partial charge is 0.237 e. The number of carbonyl (C=O) groups is 1. The van der Waals surface area contributed by atoms with Crippen LogP contribution in [0.1, 0.15) is 51.2 Å². The normalized spacial score (nSPS) is 23.0. The van der Waals surface area contributed by atoms with Crippen molar-refractivity contribution in [2.45, 2.75) is 59.2 Å². The van der Waals surface area contributed by atoms with Crippen LogP contribution in [0.4, 0.5) is 0 Å². The van der Waals surface area contributed by atoms with Crippen molar-refractivity contribution in [1.82, 2.24) is 10.2 Å². The third-order valence-corrected chi connectivity index (χ3v) is 4.85. The maximum Gasteiger partial charge on any atom is 0.237 e. The molecule has 3 N–H and O–H groups in total. The van der Waals surface area contributed by atoms with Crippen molar-refractivity contribution in [3.63, 3.8) is 0 Å². The van der Waals surface area contributed by atoms with Gasteiger partial charge in [-0.25, -0.2) is 0 Å². The van der Waals surface area contributed by atoms with Gasteiger partial charge >= 0.3 is 0 Å². The largest absolute Gasteiger partial charge is 0.351 e.